The van der Waals surface area contributed by atoms with Crippen molar-refractivity contribution in [2.24, 2.45) is 0 Å². The minimum absolute atomic E-state index is 0.00101. The van der Waals surface area contributed by atoms with Gasteiger partial charge in [-0.1, -0.05) is 17.8 Å². The third-order valence-corrected chi connectivity index (χ3v) is 4.30. The number of hydrogen-bond donors (Lipinski definition) is 1. The van der Waals surface area contributed by atoms with Gasteiger partial charge in [0.25, 0.3) is 0 Å². The molecule has 0 bridgehead atoms. The van der Waals surface area contributed by atoms with Crippen LogP contribution in [0.2, 0.25) is 0 Å². The van der Waals surface area contributed by atoms with Crippen LogP contribution in [0.15, 0.2) is 28.0 Å². The zero-order valence-electron chi connectivity index (χ0n) is 11.5. The summed E-state index contributed by atoms with van der Waals surface area (Å²) in [5.41, 5.74) is 4.16. The summed E-state index contributed by atoms with van der Waals surface area (Å²) in [6.45, 7) is 5.98. The number of aromatic nitrogens is 2. The molecular formula is C14H15BrN2O2S. The molecule has 0 radical (unpaired) electrons. The van der Waals surface area contributed by atoms with Crippen LogP contribution in [0.4, 0.5) is 0 Å². The van der Waals surface area contributed by atoms with E-state index in [4.69, 9.17) is 5.11 Å². The molecule has 4 nitrogen and oxygen atoms in total. The highest BCUT2D eigenvalue weighted by atomic mass is 79.9. The van der Waals surface area contributed by atoms with E-state index in [1.165, 1.54) is 17.3 Å². The van der Waals surface area contributed by atoms with Gasteiger partial charge in [0.05, 0.1) is 17.1 Å². The van der Waals surface area contributed by atoms with Crippen LogP contribution < -0.4 is 0 Å². The van der Waals surface area contributed by atoms with E-state index in [2.05, 4.69) is 27.0 Å². The minimum Gasteiger partial charge on any atom is -0.481 e. The first-order valence-corrected chi connectivity index (χ1v) is 7.84. The fraction of sp³-hybridized carbons (Fsp3) is 0.286. The fourth-order valence-corrected chi connectivity index (χ4v) is 3.69. The van der Waals surface area contributed by atoms with Gasteiger partial charge < -0.3 is 5.11 Å². The third kappa shape index (κ3) is 3.24. The number of carboxylic acids is 1. The van der Waals surface area contributed by atoms with Crippen LogP contribution in [0.5, 0.6) is 0 Å². The van der Waals surface area contributed by atoms with Crippen LogP contribution in [0, 0.1) is 20.8 Å². The summed E-state index contributed by atoms with van der Waals surface area (Å²) in [5, 5.41) is 9.51. The Hall–Kier alpha value is -1.27. The maximum Gasteiger partial charge on any atom is 0.313 e. The molecule has 0 unspecified atom stereocenters. The number of aliphatic carboxylic acids is 1. The predicted molar refractivity (Wildman–Crippen MR) is 83.8 cm³/mol. The first-order chi connectivity index (χ1) is 9.38. The van der Waals surface area contributed by atoms with E-state index in [1.54, 1.807) is 0 Å². The predicted octanol–water partition coefficient (Wildman–Crippen LogP) is 3.74. The Balaban J connectivity index is 2.50. The van der Waals surface area contributed by atoms with Gasteiger partial charge in [0, 0.05) is 10.7 Å². The summed E-state index contributed by atoms with van der Waals surface area (Å²) in [5.74, 6) is -0.846. The number of nitrogens with zero attached hydrogens (tertiary/aromatic N) is 2. The molecule has 0 saturated carbocycles. The lowest BCUT2D eigenvalue weighted by Crippen LogP contribution is -2.03. The van der Waals surface area contributed by atoms with Gasteiger partial charge in [-0.25, -0.2) is 4.98 Å². The van der Waals surface area contributed by atoms with Crippen LogP contribution in [-0.2, 0) is 4.79 Å². The Kier molecular flexibility index (Phi) is 4.55. The molecule has 2 rings (SSSR count). The molecule has 2 aromatic rings. The number of carbonyl (C=O) groups is 1. The number of carboxylic acid groups (broad SMARTS) is 1. The van der Waals surface area contributed by atoms with E-state index in [0.717, 1.165) is 21.4 Å². The molecule has 0 aliphatic carbocycles. The third-order valence-electron chi connectivity index (χ3n) is 2.76. The maximum atomic E-state index is 10.7. The van der Waals surface area contributed by atoms with E-state index < -0.39 is 5.97 Å². The van der Waals surface area contributed by atoms with Crippen molar-refractivity contribution in [2.45, 2.75) is 25.9 Å². The van der Waals surface area contributed by atoms with Gasteiger partial charge in [-0.2, -0.15) is 0 Å². The number of imidazole rings is 1. The topological polar surface area (TPSA) is 55.1 Å². The number of halogens is 1. The molecular weight excluding hydrogens is 340 g/mol. The Bertz CT molecular complexity index is 644. The lowest BCUT2D eigenvalue weighted by molar-refractivity contribution is -0.133. The zero-order chi connectivity index (χ0) is 14.9. The van der Waals surface area contributed by atoms with Gasteiger partial charge in [-0.3, -0.25) is 9.36 Å². The van der Waals surface area contributed by atoms with Crippen LogP contribution in [0.25, 0.3) is 5.69 Å². The number of aryl methyl sites for hydroxylation is 3. The molecule has 0 aliphatic rings. The van der Waals surface area contributed by atoms with Crippen molar-refractivity contribution >= 4 is 33.7 Å². The van der Waals surface area contributed by atoms with E-state index in [9.17, 15) is 4.79 Å². The van der Waals surface area contributed by atoms with Gasteiger partial charge in [-0.15, -0.1) is 0 Å². The second kappa shape index (κ2) is 6.01. The average molecular weight is 355 g/mol. The monoisotopic (exact) mass is 354 g/mol. The van der Waals surface area contributed by atoms with Crippen molar-refractivity contribution in [3.63, 3.8) is 0 Å². The van der Waals surface area contributed by atoms with E-state index in [1.807, 2.05) is 37.6 Å². The Morgan fingerprint density at radius 2 is 2.10 bits per heavy atom. The average Bonchev–Trinajstić information content (AvgIpc) is 2.66. The summed E-state index contributed by atoms with van der Waals surface area (Å²) >= 11 is 4.81. The molecule has 1 heterocycles. The summed E-state index contributed by atoms with van der Waals surface area (Å²) in [6, 6.07) is 4.14. The fourth-order valence-electron chi connectivity index (χ4n) is 2.08. The highest BCUT2D eigenvalue weighted by molar-refractivity contribution is 9.10. The van der Waals surface area contributed by atoms with Gasteiger partial charge in [0.15, 0.2) is 5.16 Å². The van der Waals surface area contributed by atoms with Crippen molar-refractivity contribution in [1.29, 1.82) is 0 Å². The molecule has 6 heteroatoms. The van der Waals surface area contributed by atoms with Crippen LogP contribution in [0.1, 0.15) is 16.8 Å². The molecule has 106 valence electrons. The molecule has 0 fully saturated rings. The lowest BCUT2D eigenvalue weighted by Gasteiger charge is -2.13. The summed E-state index contributed by atoms with van der Waals surface area (Å²) in [4.78, 5) is 15.1. The Morgan fingerprint density at radius 3 is 2.70 bits per heavy atom. The molecule has 0 spiro atoms. The summed E-state index contributed by atoms with van der Waals surface area (Å²) < 4.78 is 2.92. The minimum atomic E-state index is -0.845. The molecule has 0 saturated heterocycles. The van der Waals surface area contributed by atoms with Crippen molar-refractivity contribution < 1.29 is 9.90 Å². The number of hydrogen-bond acceptors (Lipinski definition) is 3. The van der Waals surface area contributed by atoms with Gasteiger partial charge in [0.1, 0.15) is 0 Å². The van der Waals surface area contributed by atoms with Crippen molar-refractivity contribution in [3.05, 3.63) is 39.6 Å². The highest BCUT2D eigenvalue weighted by Gasteiger charge is 2.14. The first kappa shape index (κ1) is 15.1. The standard InChI is InChI=1S/C14H15BrN2O2S/c1-8-4-9(2)13(11(15)5-8)17-6-10(3)16-14(17)20-7-12(18)19/h4-6H,7H2,1-3H3,(H,18,19). The second-order valence-electron chi connectivity index (χ2n) is 4.63. The van der Waals surface area contributed by atoms with Gasteiger partial charge in [-0.05, 0) is 53.9 Å². The van der Waals surface area contributed by atoms with Crippen LogP contribution in [0.3, 0.4) is 0 Å². The van der Waals surface area contributed by atoms with Gasteiger partial charge in [0.2, 0.25) is 0 Å². The van der Waals surface area contributed by atoms with E-state index in [0.29, 0.717) is 5.16 Å². The van der Waals surface area contributed by atoms with Crippen LogP contribution >= 0.6 is 27.7 Å². The van der Waals surface area contributed by atoms with Crippen LogP contribution in [-0.4, -0.2) is 26.4 Å². The molecule has 20 heavy (non-hydrogen) atoms. The smallest absolute Gasteiger partial charge is 0.313 e. The van der Waals surface area contributed by atoms with Crippen molar-refractivity contribution in [3.8, 4) is 5.69 Å². The van der Waals surface area contributed by atoms with Gasteiger partial charge >= 0.3 is 5.97 Å². The lowest BCUT2D eigenvalue weighted by atomic mass is 10.1. The SMILES string of the molecule is Cc1cc(C)c(-n2cc(C)nc2SCC(=O)O)c(Br)c1. The molecule has 1 N–H and O–H groups in total. The zero-order valence-corrected chi connectivity index (χ0v) is 13.9. The Morgan fingerprint density at radius 1 is 1.40 bits per heavy atom. The quantitative estimate of drug-likeness (QED) is 0.849. The maximum absolute atomic E-state index is 10.7. The number of rotatable bonds is 4. The number of thioether (sulfide) groups is 1. The Labute approximate surface area is 130 Å². The van der Waals surface area contributed by atoms with Crippen molar-refractivity contribution in [1.82, 2.24) is 9.55 Å². The van der Waals surface area contributed by atoms with E-state index in [-0.39, 0.29) is 5.75 Å². The molecule has 0 amide bonds. The highest BCUT2D eigenvalue weighted by Crippen LogP contribution is 2.30. The largest absolute Gasteiger partial charge is 0.481 e. The van der Waals surface area contributed by atoms with Crippen molar-refractivity contribution in [2.75, 3.05) is 5.75 Å². The second-order valence-corrected chi connectivity index (χ2v) is 6.43. The molecule has 0 aliphatic heterocycles. The molecule has 0 atom stereocenters. The normalized spacial score (nSPS) is 10.8. The number of benzene rings is 1. The van der Waals surface area contributed by atoms with E-state index >= 15 is 0 Å². The summed E-state index contributed by atoms with van der Waals surface area (Å²) in [6.07, 6.45) is 1.92. The summed E-state index contributed by atoms with van der Waals surface area (Å²) in [7, 11) is 0. The molecule has 1 aromatic carbocycles. The first-order valence-electron chi connectivity index (χ1n) is 6.06. The molecule has 1 aromatic heterocycles.